The number of amides is 1. The normalized spacial score (nSPS) is 20.7. The molecule has 2 N–H and O–H groups in total. The van der Waals surface area contributed by atoms with Gasteiger partial charge in [-0.3, -0.25) is 14.5 Å². The molecule has 0 bridgehead atoms. The van der Waals surface area contributed by atoms with Crippen LogP contribution < -0.4 is 24.3 Å². The van der Waals surface area contributed by atoms with E-state index in [-0.39, 0.29) is 19.2 Å². The van der Waals surface area contributed by atoms with Gasteiger partial charge in [-0.15, -0.1) is 0 Å². The third kappa shape index (κ3) is 5.02. The molecule has 1 fully saturated rings. The van der Waals surface area contributed by atoms with E-state index in [2.05, 4.69) is 19.2 Å². The molecular formula is C33H36N2O7. The number of nitrogens with zero attached hydrogens (tertiary/aromatic N) is 1. The molecule has 42 heavy (non-hydrogen) atoms. The van der Waals surface area contributed by atoms with Crippen molar-refractivity contribution in [3.63, 3.8) is 0 Å². The van der Waals surface area contributed by atoms with Gasteiger partial charge in [0.1, 0.15) is 5.75 Å². The van der Waals surface area contributed by atoms with Gasteiger partial charge in [-0.25, -0.2) is 0 Å². The average Bonchev–Trinajstić information content (AvgIpc) is 3.74. The van der Waals surface area contributed by atoms with Crippen LogP contribution in [0.1, 0.15) is 53.6 Å². The summed E-state index contributed by atoms with van der Waals surface area (Å²) in [5, 5.41) is 13.8. The molecule has 9 nitrogen and oxygen atoms in total. The molecule has 0 radical (unpaired) electrons. The topological polar surface area (TPSA) is 107 Å². The molecule has 1 amide bonds. The van der Waals surface area contributed by atoms with E-state index < -0.39 is 23.8 Å². The Hall–Kier alpha value is -4.24. The lowest BCUT2D eigenvalue weighted by atomic mass is 9.82. The minimum Gasteiger partial charge on any atom is -0.493 e. The number of aryl methyl sites for hydroxylation is 2. The van der Waals surface area contributed by atoms with Crippen LogP contribution in [0.2, 0.25) is 0 Å². The van der Waals surface area contributed by atoms with Gasteiger partial charge in [0.25, 0.3) is 0 Å². The zero-order chi connectivity index (χ0) is 29.4. The molecular weight excluding hydrogens is 536 g/mol. The first kappa shape index (κ1) is 27.9. The zero-order valence-electron chi connectivity index (χ0n) is 24.1. The molecule has 3 aliphatic heterocycles. The molecule has 0 saturated carbocycles. The van der Waals surface area contributed by atoms with E-state index in [9.17, 15) is 14.7 Å². The molecule has 3 aromatic rings. The van der Waals surface area contributed by atoms with Gasteiger partial charge in [0.2, 0.25) is 18.4 Å². The monoisotopic (exact) mass is 572 g/mol. The number of methoxy groups -OCH3 is 1. The number of hydrogen-bond donors (Lipinski definition) is 2. The number of carboxylic acids is 1. The number of nitrogens with one attached hydrogen (secondary N) is 1. The fourth-order valence-corrected chi connectivity index (χ4v) is 6.65. The summed E-state index contributed by atoms with van der Waals surface area (Å²) in [5.74, 6) is 0.0137. The van der Waals surface area contributed by atoms with Gasteiger partial charge in [0.05, 0.1) is 26.2 Å². The number of carbonyl (C=O) groups excluding carboxylic acids is 1. The highest BCUT2D eigenvalue weighted by molar-refractivity contribution is 5.94. The van der Waals surface area contributed by atoms with Crippen molar-refractivity contribution in [1.29, 1.82) is 0 Å². The smallest absolute Gasteiger partial charge is 0.309 e. The van der Waals surface area contributed by atoms with Crippen molar-refractivity contribution in [1.82, 2.24) is 4.90 Å². The van der Waals surface area contributed by atoms with E-state index in [1.54, 1.807) is 7.11 Å². The fraction of sp³-hybridized carbons (Fsp3) is 0.394. The van der Waals surface area contributed by atoms with Gasteiger partial charge >= 0.3 is 5.97 Å². The summed E-state index contributed by atoms with van der Waals surface area (Å²) in [4.78, 5) is 28.7. The Morgan fingerprint density at radius 1 is 1.00 bits per heavy atom. The van der Waals surface area contributed by atoms with E-state index in [1.807, 2.05) is 53.4 Å². The summed E-state index contributed by atoms with van der Waals surface area (Å²) < 4.78 is 22.5. The highest BCUT2D eigenvalue weighted by Crippen LogP contribution is 2.50. The van der Waals surface area contributed by atoms with Gasteiger partial charge in [0.15, 0.2) is 11.5 Å². The average molecular weight is 573 g/mol. The predicted octanol–water partition coefficient (Wildman–Crippen LogP) is 4.96. The van der Waals surface area contributed by atoms with Crippen LogP contribution in [0.5, 0.6) is 23.0 Å². The second kappa shape index (κ2) is 11.6. The number of benzene rings is 3. The molecule has 9 heteroatoms. The number of likely N-dealkylation sites (tertiary alicyclic amines) is 1. The highest BCUT2D eigenvalue weighted by Gasteiger charge is 2.48. The summed E-state index contributed by atoms with van der Waals surface area (Å²) in [5.41, 5.74) is 5.69. The number of aliphatic carboxylic acids is 1. The first-order valence-corrected chi connectivity index (χ1v) is 14.5. The minimum absolute atomic E-state index is 0.0431. The minimum atomic E-state index is -0.925. The summed E-state index contributed by atoms with van der Waals surface area (Å²) in [6.07, 6.45) is 2.36. The quantitative estimate of drug-likeness (QED) is 0.371. The standard InChI is InChI=1S/C33H36N2O7/c1-4-19-7-6-8-20(5-2)30(19)34-28(36)17-35-16-24(23-14-26(39-3)32-27(15-23)41-18-42-32)29(33(37)38)31(35)22-9-10-25-21(13-22)11-12-40-25/h6-10,13-15,24,29,31H,4-5,11-12,16-18H2,1-3H3,(H,34,36)(H,37,38)/t24-,29-,31+/m1/s1. The second-order valence-electron chi connectivity index (χ2n) is 11.0. The van der Waals surface area contributed by atoms with Crippen LogP contribution in [0.15, 0.2) is 48.5 Å². The Bertz CT molecular complexity index is 1500. The first-order valence-electron chi connectivity index (χ1n) is 14.5. The molecule has 3 atom stereocenters. The first-order chi connectivity index (χ1) is 20.4. The van der Waals surface area contributed by atoms with Crippen LogP contribution in [0.25, 0.3) is 0 Å². The molecule has 1 saturated heterocycles. The maximum Gasteiger partial charge on any atom is 0.309 e. The molecule has 0 spiro atoms. The highest BCUT2D eigenvalue weighted by atomic mass is 16.7. The summed E-state index contributed by atoms with van der Waals surface area (Å²) in [6, 6.07) is 15.1. The molecule has 0 unspecified atom stereocenters. The lowest BCUT2D eigenvalue weighted by Gasteiger charge is -2.27. The summed E-state index contributed by atoms with van der Waals surface area (Å²) in [6.45, 7) is 5.23. The van der Waals surface area contributed by atoms with E-state index in [4.69, 9.17) is 18.9 Å². The van der Waals surface area contributed by atoms with E-state index >= 15 is 0 Å². The van der Waals surface area contributed by atoms with Crippen molar-refractivity contribution in [3.8, 4) is 23.0 Å². The zero-order valence-corrected chi connectivity index (χ0v) is 24.1. The largest absolute Gasteiger partial charge is 0.493 e. The van der Waals surface area contributed by atoms with Crippen LogP contribution >= 0.6 is 0 Å². The van der Waals surface area contributed by atoms with Gasteiger partial charge < -0.3 is 29.4 Å². The number of rotatable bonds is 9. The maximum atomic E-state index is 13.7. The SMILES string of the molecule is CCc1cccc(CC)c1NC(=O)CN1C[C@H](c2cc(OC)c3c(c2)OCO3)[C@@H](C(=O)O)[C@@H]1c1ccc2c(c1)CCO2. The van der Waals surface area contributed by atoms with E-state index in [0.717, 1.165) is 58.5 Å². The number of carbonyl (C=O) groups is 2. The van der Waals surface area contributed by atoms with Gasteiger partial charge in [-0.05, 0) is 58.9 Å². The molecule has 3 aliphatic rings. The molecule has 3 aromatic carbocycles. The molecule has 0 aliphatic carbocycles. The predicted molar refractivity (Wildman–Crippen MR) is 157 cm³/mol. The van der Waals surface area contributed by atoms with Crippen molar-refractivity contribution in [2.24, 2.45) is 5.92 Å². The van der Waals surface area contributed by atoms with Crippen LogP contribution in [0.4, 0.5) is 5.69 Å². The molecule has 220 valence electrons. The Balaban J connectivity index is 1.38. The number of anilines is 1. The van der Waals surface area contributed by atoms with E-state index in [0.29, 0.717) is 30.4 Å². The van der Waals surface area contributed by atoms with Crippen molar-refractivity contribution in [2.75, 3.05) is 38.9 Å². The Kier molecular flexibility index (Phi) is 7.68. The number of hydrogen-bond acceptors (Lipinski definition) is 7. The second-order valence-corrected chi connectivity index (χ2v) is 11.0. The number of carboxylic acid groups (broad SMARTS) is 1. The van der Waals surface area contributed by atoms with Gasteiger partial charge in [-0.2, -0.15) is 0 Å². The molecule has 0 aromatic heterocycles. The maximum absolute atomic E-state index is 13.7. The number of ether oxygens (including phenoxy) is 4. The van der Waals surface area contributed by atoms with Crippen molar-refractivity contribution >= 4 is 17.6 Å². The summed E-state index contributed by atoms with van der Waals surface area (Å²) >= 11 is 0. The van der Waals surface area contributed by atoms with Crippen LogP contribution in [0, 0.1) is 5.92 Å². The fourth-order valence-electron chi connectivity index (χ4n) is 6.65. The van der Waals surface area contributed by atoms with Crippen LogP contribution in [-0.4, -0.2) is 55.5 Å². The van der Waals surface area contributed by atoms with Crippen molar-refractivity contribution in [2.45, 2.75) is 45.1 Å². The number of fused-ring (bicyclic) bond motifs is 2. The lowest BCUT2D eigenvalue weighted by molar-refractivity contribution is -0.143. The summed E-state index contributed by atoms with van der Waals surface area (Å²) in [7, 11) is 1.55. The van der Waals surface area contributed by atoms with Gasteiger partial charge in [-0.1, -0.05) is 44.2 Å². The molecule has 3 heterocycles. The van der Waals surface area contributed by atoms with Crippen molar-refractivity contribution in [3.05, 3.63) is 76.3 Å². The lowest BCUT2D eigenvalue weighted by Crippen LogP contribution is -2.35. The number of para-hydroxylation sites is 1. The Labute approximate surface area is 245 Å². The van der Waals surface area contributed by atoms with Crippen LogP contribution in [0.3, 0.4) is 0 Å². The Morgan fingerprint density at radius 3 is 2.50 bits per heavy atom. The third-order valence-electron chi connectivity index (χ3n) is 8.66. The third-order valence-corrected chi connectivity index (χ3v) is 8.66. The van der Waals surface area contributed by atoms with E-state index in [1.165, 1.54) is 0 Å². The Morgan fingerprint density at radius 2 is 1.79 bits per heavy atom. The van der Waals surface area contributed by atoms with Crippen molar-refractivity contribution < 1.29 is 33.6 Å². The van der Waals surface area contributed by atoms with Crippen LogP contribution in [-0.2, 0) is 28.9 Å². The molecule has 6 rings (SSSR count). The van der Waals surface area contributed by atoms with Gasteiger partial charge in [0, 0.05) is 30.6 Å².